The average Bonchev–Trinajstić information content (AvgIpc) is 3.54. The number of hydrogen-bond donors (Lipinski definition) is 1. The molecule has 0 radical (unpaired) electrons. The number of ether oxygens (including phenoxy) is 2. The summed E-state index contributed by atoms with van der Waals surface area (Å²) in [5, 5.41) is 9.17. The summed E-state index contributed by atoms with van der Waals surface area (Å²) in [6, 6.07) is 23.8. The van der Waals surface area contributed by atoms with E-state index in [1.165, 1.54) is 0 Å². The van der Waals surface area contributed by atoms with Crippen LogP contribution in [-0.4, -0.2) is 76.9 Å². The van der Waals surface area contributed by atoms with E-state index in [-0.39, 0.29) is 0 Å². The molecule has 0 bridgehead atoms. The van der Waals surface area contributed by atoms with Gasteiger partial charge in [-0.3, -0.25) is 0 Å². The van der Waals surface area contributed by atoms with E-state index in [0.29, 0.717) is 11.6 Å². The quantitative estimate of drug-likeness (QED) is 0.101. The number of aromatic nitrogens is 2. The summed E-state index contributed by atoms with van der Waals surface area (Å²) in [4.78, 5) is 9.73. The van der Waals surface area contributed by atoms with Crippen molar-refractivity contribution in [3.63, 3.8) is 0 Å². The van der Waals surface area contributed by atoms with Crippen LogP contribution in [-0.2, 0) is 6.42 Å². The number of imidazole rings is 1. The lowest BCUT2D eigenvalue weighted by Crippen LogP contribution is -2.25. The molecule has 0 spiro atoms. The zero-order valence-electron chi connectivity index (χ0n) is 29.1. The monoisotopic (exact) mass is 662 g/mol. The number of aryl methyl sites for hydroxylation is 1. The van der Waals surface area contributed by atoms with Crippen molar-refractivity contribution < 1.29 is 14.6 Å². The van der Waals surface area contributed by atoms with Gasteiger partial charge in [0.2, 0.25) is 0 Å². The average molecular weight is 663 g/mol. The van der Waals surface area contributed by atoms with Crippen LogP contribution in [0.1, 0.15) is 66.1 Å². The summed E-state index contributed by atoms with van der Waals surface area (Å²) >= 11 is 5.98. The van der Waals surface area contributed by atoms with Gasteiger partial charge in [-0.25, -0.2) is 4.98 Å². The predicted octanol–water partition coefficient (Wildman–Crippen LogP) is 9.15. The van der Waals surface area contributed by atoms with E-state index in [1.54, 1.807) is 0 Å². The zero-order chi connectivity index (χ0) is 33.9. The van der Waals surface area contributed by atoms with Crippen molar-refractivity contribution in [1.29, 1.82) is 0 Å². The molecule has 0 aliphatic rings. The fraction of sp³-hybridized carbons (Fsp3) is 0.462. The molecule has 256 valence electrons. The zero-order valence-corrected chi connectivity index (χ0v) is 29.9. The fourth-order valence-corrected chi connectivity index (χ4v) is 5.31. The third-order valence-electron chi connectivity index (χ3n) is 8.16. The van der Waals surface area contributed by atoms with Gasteiger partial charge in [0.25, 0.3) is 0 Å². The number of hydrogen-bond acceptors (Lipinski definition) is 6. The highest BCUT2D eigenvalue weighted by molar-refractivity contribution is 6.30. The van der Waals surface area contributed by atoms with E-state index in [4.69, 9.17) is 31.2 Å². The number of rotatable bonds is 19. The lowest BCUT2D eigenvalue weighted by atomic mass is 10.1. The van der Waals surface area contributed by atoms with Crippen molar-refractivity contribution in [2.24, 2.45) is 0 Å². The minimum Gasteiger partial charge on any atom is -0.494 e. The van der Waals surface area contributed by atoms with Gasteiger partial charge in [-0.05, 0) is 118 Å². The number of aliphatic hydroxyl groups is 1. The maximum atomic E-state index is 8.48. The largest absolute Gasteiger partial charge is 0.494 e. The van der Waals surface area contributed by atoms with Crippen molar-refractivity contribution in [2.75, 3.05) is 52.5 Å². The Morgan fingerprint density at radius 2 is 1.26 bits per heavy atom. The first-order valence-electron chi connectivity index (χ1n) is 17.3. The predicted molar refractivity (Wildman–Crippen MR) is 197 cm³/mol. The summed E-state index contributed by atoms with van der Waals surface area (Å²) in [7, 11) is 0. The Morgan fingerprint density at radius 3 is 1.81 bits per heavy atom. The van der Waals surface area contributed by atoms with Crippen molar-refractivity contribution in [1.82, 2.24) is 19.4 Å². The molecule has 0 saturated carbocycles. The van der Waals surface area contributed by atoms with E-state index >= 15 is 0 Å². The molecule has 4 aromatic rings. The molecule has 0 amide bonds. The molecule has 0 aliphatic carbocycles. The first-order valence-corrected chi connectivity index (χ1v) is 17.7. The highest BCUT2D eigenvalue weighted by Crippen LogP contribution is 2.27. The third kappa shape index (κ3) is 13.0. The number of aliphatic hydroxyl groups excluding tert-OH is 1. The molecule has 0 fully saturated rings. The summed E-state index contributed by atoms with van der Waals surface area (Å²) < 4.78 is 14.1. The van der Waals surface area contributed by atoms with Gasteiger partial charge < -0.3 is 28.9 Å². The van der Waals surface area contributed by atoms with Crippen LogP contribution in [0.5, 0.6) is 17.2 Å². The van der Waals surface area contributed by atoms with Crippen LogP contribution in [0.15, 0.2) is 79.0 Å². The standard InChI is InChI=1S/C32H38ClN3O2.C7H17NO/c1-4-7-9-32-34-31(25-10-16-28(17-11-25)37-23-8-22-35(5-2)6-3)24-36(32)27-14-20-30(21-15-27)38-29-18-12-26(33)13-19-29;1-3-8(4-2)6-5-7-9/h10-21,24H,4-9,22-23H2,1-3H3;9H,3-7H2,1-2H3. The van der Waals surface area contributed by atoms with Gasteiger partial charge in [0.05, 0.1) is 12.3 Å². The molecule has 1 aromatic heterocycles. The first kappa shape index (κ1) is 38.1. The Balaban J connectivity index is 0.000000584. The minimum absolute atomic E-state index is 0.316. The SMILES string of the molecule is CCCCc1nc(-c2ccc(OCCCN(CC)CC)cc2)cn1-c1ccc(Oc2ccc(Cl)cc2)cc1.CCN(CC)CCCO. The van der Waals surface area contributed by atoms with Gasteiger partial charge >= 0.3 is 0 Å². The van der Waals surface area contributed by atoms with Gasteiger partial charge in [0.1, 0.15) is 23.1 Å². The molecule has 0 aliphatic heterocycles. The van der Waals surface area contributed by atoms with Crippen LogP contribution in [0.2, 0.25) is 5.02 Å². The highest BCUT2D eigenvalue weighted by Gasteiger charge is 2.12. The molecular weight excluding hydrogens is 608 g/mol. The van der Waals surface area contributed by atoms with E-state index in [1.807, 2.05) is 48.5 Å². The first-order chi connectivity index (χ1) is 22.9. The van der Waals surface area contributed by atoms with Crippen molar-refractivity contribution in [3.05, 3.63) is 89.8 Å². The topological polar surface area (TPSA) is 63.0 Å². The summed E-state index contributed by atoms with van der Waals surface area (Å²) in [5.41, 5.74) is 3.11. The summed E-state index contributed by atoms with van der Waals surface area (Å²) in [6.07, 6.45) is 7.19. The van der Waals surface area contributed by atoms with Gasteiger partial charge in [0, 0.05) is 48.6 Å². The third-order valence-corrected chi connectivity index (χ3v) is 8.41. The lowest BCUT2D eigenvalue weighted by Gasteiger charge is -2.17. The fourth-order valence-electron chi connectivity index (χ4n) is 5.18. The van der Waals surface area contributed by atoms with Crippen molar-refractivity contribution >= 4 is 11.6 Å². The summed E-state index contributed by atoms with van der Waals surface area (Å²) in [6.45, 7) is 18.4. The lowest BCUT2D eigenvalue weighted by molar-refractivity contribution is 0.236. The number of unbranched alkanes of at least 4 members (excludes halogenated alkanes) is 1. The molecule has 1 heterocycles. The number of benzene rings is 3. The maximum Gasteiger partial charge on any atom is 0.127 e. The van der Waals surface area contributed by atoms with E-state index in [9.17, 15) is 0 Å². The maximum absolute atomic E-state index is 8.48. The molecule has 0 unspecified atom stereocenters. The molecular formula is C39H55ClN4O3. The molecule has 0 saturated heterocycles. The molecule has 4 rings (SSSR count). The normalized spacial score (nSPS) is 11.1. The van der Waals surface area contributed by atoms with Gasteiger partial charge in [-0.2, -0.15) is 0 Å². The molecule has 8 heteroatoms. The molecule has 0 atom stereocenters. The molecule has 7 nitrogen and oxygen atoms in total. The van der Waals surface area contributed by atoms with Crippen LogP contribution in [0, 0.1) is 0 Å². The highest BCUT2D eigenvalue weighted by atomic mass is 35.5. The Kier molecular flexibility index (Phi) is 17.4. The Bertz CT molecular complexity index is 1380. The Hall–Kier alpha value is -3.36. The van der Waals surface area contributed by atoms with Crippen LogP contribution >= 0.6 is 11.6 Å². The van der Waals surface area contributed by atoms with Crippen molar-refractivity contribution in [2.45, 2.75) is 66.7 Å². The van der Waals surface area contributed by atoms with Gasteiger partial charge in [-0.1, -0.05) is 52.6 Å². The van der Waals surface area contributed by atoms with Crippen LogP contribution in [0.25, 0.3) is 16.9 Å². The molecule has 47 heavy (non-hydrogen) atoms. The van der Waals surface area contributed by atoms with Gasteiger partial charge in [-0.15, -0.1) is 0 Å². The molecule has 1 N–H and O–H groups in total. The number of halogens is 1. The second-order valence-corrected chi connectivity index (χ2v) is 11.9. The van der Waals surface area contributed by atoms with Crippen LogP contribution in [0.4, 0.5) is 0 Å². The van der Waals surface area contributed by atoms with E-state index in [0.717, 1.165) is 118 Å². The second kappa shape index (κ2) is 21.5. The number of nitrogens with zero attached hydrogens (tertiary/aromatic N) is 4. The molecule has 3 aromatic carbocycles. The Morgan fingerprint density at radius 1 is 0.702 bits per heavy atom. The van der Waals surface area contributed by atoms with E-state index < -0.39 is 0 Å². The van der Waals surface area contributed by atoms with E-state index in [2.05, 4.69) is 79.4 Å². The minimum atomic E-state index is 0.316. The Labute approximate surface area is 288 Å². The van der Waals surface area contributed by atoms with Gasteiger partial charge in [0.15, 0.2) is 0 Å². The summed E-state index contributed by atoms with van der Waals surface area (Å²) in [5.74, 6) is 3.49. The second-order valence-electron chi connectivity index (χ2n) is 11.4. The smallest absolute Gasteiger partial charge is 0.127 e. The van der Waals surface area contributed by atoms with Crippen LogP contribution < -0.4 is 9.47 Å². The van der Waals surface area contributed by atoms with Crippen LogP contribution in [0.3, 0.4) is 0 Å². The van der Waals surface area contributed by atoms with Crippen molar-refractivity contribution in [3.8, 4) is 34.2 Å².